The number of hydrogen-bond acceptors (Lipinski definition) is 3. The maximum atomic E-state index is 13.6. The van der Waals surface area contributed by atoms with Crippen molar-refractivity contribution in [3.8, 4) is 0 Å². The van der Waals surface area contributed by atoms with Gasteiger partial charge < -0.3 is 9.47 Å². The maximum absolute atomic E-state index is 13.6. The second-order valence-electron chi connectivity index (χ2n) is 7.88. The first-order chi connectivity index (χ1) is 14.2. The monoisotopic (exact) mass is 388 g/mol. The number of benzene rings is 1. The van der Waals surface area contributed by atoms with Crippen LogP contribution in [0.5, 0.6) is 0 Å². The van der Waals surface area contributed by atoms with Gasteiger partial charge in [0, 0.05) is 49.5 Å². The lowest BCUT2D eigenvalue weighted by atomic mass is 9.93. The molecule has 150 valence electrons. The lowest BCUT2D eigenvalue weighted by Crippen LogP contribution is -2.41. The Hall–Kier alpha value is -2.95. The summed E-state index contributed by atoms with van der Waals surface area (Å²) in [6.07, 6.45) is 13.2. The molecule has 0 radical (unpaired) electrons. The normalized spacial score (nSPS) is 14.7. The van der Waals surface area contributed by atoms with Crippen LogP contribution in [0.4, 0.5) is 0 Å². The molecule has 0 atom stereocenters. The van der Waals surface area contributed by atoms with Crippen molar-refractivity contribution in [2.45, 2.75) is 58.2 Å². The van der Waals surface area contributed by atoms with Gasteiger partial charge in [-0.25, -0.2) is 4.98 Å². The van der Waals surface area contributed by atoms with Crippen LogP contribution in [0.3, 0.4) is 0 Å². The van der Waals surface area contributed by atoms with Gasteiger partial charge in [-0.05, 0) is 55.2 Å². The van der Waals surface area contributed by atoms with Crippen LogP contribution < -0.4 is 0 Å². The number of aromatic nitrogens is 3. The molecule has 4 rings (SSSR count). The molecule has 1 aliphatic rings. The smallest absolute Gasteiger partial charge is 0.254 e. The summed E-state index contributed by atoms with van der Waals surface area (Å²) in [7, 11) is 0. The van der Waals surface area contributed by atoms with Crippen LogP contribution in [0.25, 0.3) is 0 Å². The molecule has 0 bridgehead atoms. The molecule has 1 aromatic carbocycles. The second-order valence-corrected chi connectivity index (χ2v) is 7.88. The molecule has 0 spiro atoms. The van der Waals surface area contributed by atoms with Crippen LogP contribution in [0.2, 0.25) is 0 Å². The number of imidazole rings is 1. The molecule has 0 aliphatic heterocycles. The van der Waals surface area contributed by atoms with Crippen LogP contribution in [0, 0.1) is 6.92 Å². The lowest BCUT2D eigenvalue weighted by Gasteiger charge is -2.34. The standard InChI is InChI=1S/C24H28N4O/c1-19-26-14-15-27(19)17-21-6-5-7-22(16-21)24(29)28(23-8-3-2-4-9-23)18-20-10-12-25-13-11-20/h5-7,10-16,23H,2-4,8-9,17-18H2,1H3. The number of carbonyl (C=O) groups excluding carboxylic acids is 1. The fourth-order valence-corrected chi connectivity index (χ4v) is 4.18. The molecule has 1 aliphatic carbocycles. The summed E-state index contributed by atoms with van der Waals surface area (Å²) in [5, 5.41) is 0. The Balaban J connectivity index is 1.58. The van der Waals surface area contributed by atoms with E-state index in [9.17, 15) is 4.79 Å². The molecular weight excluding hydrogens is 360 g/mol. The van der Waals surface area contributed by atoms with Gasteiger partial charge in [-0.2, -0.15) is 0 Å². The summed E-state index contributed by atoms with van der Waals surface area (Å²) in [5.41, 5.74) is 3.01. The molecule has 2 aromatic heterocycles. The Morgan fingerprint density at radius 2 is 1.86 bits per heavy atom. The van der Waals surface area contributed by atoms with E-state index >= 15 is 0 Å². The zero-order valence-electron chi connectivity index (χ0n) is 17.0. The first-order valence-electron chi connectivity index (χ1n) is 10.5. The van der Waals surface area contributed by atoms with Crippen LogP contribution in [-0.4, -0.2) is 31.4 Å². The molecule has 2 heterocycles. The Morgan fingerprint density at radius 1 is 1.07 bits per heavy atom. The van der Waals surface area contributed by atoms with Gasteiger partial charge in [0.2, 0.25) is 0 Å². The number of amides is 1. The quantitative estimate of drug-likeness (QED) is 0.620. The maximum Gasteiger partial charge on any atom is 0.254 e. The summed E-state index contributed by atoms with van der Waals surface area (Å²) in [5.74, 6) is 1.10. The van der Waals surface area contributed by atoms with Crippen molar-refractivity contribution in [2.75, 3.05) is 0 Å². The molecule has 0 saturated heterocycles. The highest BCUT2D eigenvalue weighted by atomic mass is 16.2. The molecule has 0 unspecified atom stereocenters. The van der Waals surface area contributed by atoms with E-state index in [2.05, 4.69) is 25.5 Å². The Bertz CT molecular complexity index is 944. The van der Waals surface area contributed by atoms with Crippen molar-refractivity contribution in [1.29, 1.82) is 0 Å². The average molecular weight is 389 g/mol. The van der Waals surface area contributed by atoms with E-state index in [1.165, 1.54) is 19.3 Å². The number of aryl methyl sites for hydroxylation is 1. The zero-order chi connectivity index (χ0) is 20.1. The predicted molar refractivity (Wildman–Crippen MR) is 113 cm³/mol. The SMILES string of the molecule is Cc1nccn1Cc1cccc(C(=O)N(Cc2ccncc2)C2CCCCC2)c1. The Kier molecular flexibility index (Phi) is 6.03. The van der Waals surface area contributed by atoms with Crippen LogP contribution in [0.15, 0.2) is 61.2 Å². The van der Waals surface area contributed by atoms with E-state index < -0.39 is 0 Å². The molecule has 5 nitrogen and oxygen atoms in total. The van der Waals surface area contributed by atoms with Gasteiger partial charge in [0.15, 0.2) is 0 Å². The third kappa shape index (κ3) is 4.73. The minimum atomic E-state index is 0.123. The first-order valence-corrected chi connectivity index (χ1v) is 10.5. The molecule has 3 aromatic rings. The first kappa shape index (κ1) is 19.4. The summed E-state index contributed by atoms with van der Waals surface area (Å²) in [6.45, 7) is 3.35. The van der Waals surface area contributed by atoms with Crippen LogP contribution in [-0.2, 0) is 13.1 Å². The van der Waals surface area contributed by atoms with E-state index in [-0.39, 0.29) is 5.91 Å². The van der Waals surface area contributed by atoms with E-state index in [0.29, 0.717) is 12.6 Å². The Labute approximate surface area is 172 Å². The third-order valence-corrected chi connectivity index (χ3v) is 5.83. The zero-order valence-corrected chi connectivity index (χ0v) is 17.0. The van der Waals surface area contributed by atoms with Crippen molar-refractivity contribution >= 4 is 5.91 Å². The van der Waals surface area contributed by atoms with Crippen molar-refractivity contribution in [3.05, 3.63) is 83.7 Å². The van der Waals surface area contributed by atoms with Gasteiger partial charge in [0.05, 0.1) is 0 Å². The van der Waals surface area contributed by atoms with Gasteiger partial charge in [0.25, 0.3) is 5.91 Å². The highest BCUT2D eigenvalue weighted by Gasteiger charge is 2.26. The molecule has 1 amide bonds. The van der Waals surface area contributed by atoms with E-state index in [4.69, 9.17) is 0 Å². The molecule has 29 heavy (non-hydrogen) atoms. The van der Waals surface area contributed by atoms with Gasteiger partial charge >= 0.3 is 0 Å². The Morgan fingerprint density at radius 3 is 2.59 bits per heavy atom. The largest absolute Gasteiger partial charge is 0.331 e. The van der Waals surface area contributed by atoms with Gasteiger partial charge in [-0.15, -0.1) is 0 Å². The molecule has 0 N–H and O–H groups in total. The number of rotatable bonds is 6. The summed E-state index contributed by atoms with van der Waals surface area (Å²) >= 11 is 0. The topological polar surface area (TPSA) is 51.0 Å². The lowest BCUT2D eigenvalue weighted by molar-refractivity contribution is 0.0614. The van der Waals surface area contributed by atoms with Crippen LogP contribution in [0.1, 0.15) is 59.4 Å². The number of pyridine rings is 1. The fraction of sp³-hybridized carbons (Fsp3) is 0.375. The van der Waals surface area contributed by atoms with Crippen LogP contribution >= 0.6 is 0 Å². The molecule has 1 fully saturated rings. The van der Waals surface area contributed by atoms with E-state index in [1.807, 2.05) is 49.6 Å². The number of carbonyl (C=O) groups is 1. The summed E-state index contributed by atoms with van der Waals surface area (Å²) in [6, 6.07) is 12.3. The fourth-order valence-electron chi connectivity index (χ4n) is 4.18. The summed E-state index contributed by atoms with van der Waals surface area (Å²) < 4.78 is 2.10. The highest BCUT2D eigenvalue weighted by Crippen LogP contribution is 2.26. The minimum Gasteiger partial charge on any atom is -0.331 e. The number of nitrogens with zero attached hydrogens (tertiary/aromatic N) is 4. The molecule has 5 heteroatoms. The highest BCUT2D eigenvalue weighted by molar-refractivity contribution is 5.94. The van der Waals surface area contributed by atoms with Gasteiger partial charge in [-0.3, -0.25) is 9.78 Å². The second kappa shape index (κ2) is 9.03. The van der Waals surface area contributed by atoms with Crippen molar-refractivity contribution in [2.24, 2.45) is 0 Å². The van der Waals surface area contributed by atoms with E-state index in [0.717, 1.165) is 41.9 Å². The van der Waals surface area contributed by atoms with Gasteiger partial charge in [0.1, 0.15) is 5.82 Å². The minimum absolute atomic E-state index is 0.123. The van der Waals surface area contributed by atoms with Crippen molar-refractivity contribution in [3.63, 3.8) is 0 Å². The van der Waals surface area contributed by atoms with Crippen molar-refractivity contribution in [1.82, 2.24) is 19.4 Å². The third-order valence-electron chi connectivity index (χ3n) is 5.83. The summed E-state index contributed by atoms with van der Waals surface area (Å²) in [4.78, 5) is 24.0. The number of hydrogen-bond donors (Lipinski definition) is 0. The average Bonchev–Trinajstić information content (AvgIpc) is 3.17. The molecular formula is C24H28N4O. The molecule has 1 saturated carbocycles. The predicted octanol–water partition coefficient (Wildman–Crippen LogP) is 4.61. The van der Waals surface area contributed by atoms with Gasteiger partial charge in [-0.1, -0.05) is 31.4 Å². The van der Waals surface area contributed by atoms with Crippen molar-refractivity contribution < 1.29 is 4.79 Å². The van der Waals surface area contributed by atoms with E-state index in [1.54, 1.807) is 12.4 Å².